The number of carbonyl (C=O) groups excluding carboxylic acids is 1. The van der Waals surface area contributed by atoms with Crippen molar-refractivity contribution in [1.29, 1.82) is 0 Å². The standard InChI is InChI=1S/C12H17BrN2O/c1-2-3-8-14-12(16)9-15-11-6-4-10(13)5-7-11/h4-7,15H,2-3,8-9H2,1H3,(H,14,16). The maximum atomic E-state index is 11.4. The van der Waals surface area contributed by atoms with E-state index in [1.165, 1.54) is 0 Å². The van der Waals surface area contributed by atoms with Crippen LogP contribution >= 0.6 is 15.9 Å². The van der Waals surface area contributed by atoms with Gasteiger partial charge in [0.25, 0.3) is 0 Å². The highest BCUT2D eigenvalue weighted by molar-refractivity contribution is 9.10. The van der Waals surface area contributed by atoms with Gasteiger partial charge in [0.05, 0.1) is 6.54 Å². The second-order valence-corrected chi connectivity index (χ2v) is 4.48. The number of benzene rings is 1. The molecule has 0 saturated heterocycles. The molecule has 0 saturated carbocycles. The molecule has 0 fully saturated rings. The van der Waals surface area contributed by atoms with Crippen molar-refractivity contribution >= 4 is 27.5 Å². The average Bonchev–Trinajstić information content (AvgIpc) is 2.29. The number of halogens is 1. The Morgan fingerprint density at radius 1 is 1.31 bits per heavy atom. The molecule has 0 aliphatic heterocycles. The molecule has 1 aromatic carbocycles. The Balaban J connectivity index is 2.23. The van der Waals surface area contributed by atoms with Crippen molar-refractivity contribution < 1.29 is 4.79 Å². The van der Waals surface area contributed by atoms with Gasteiger partial charge < -0.3 is 10.6 Å². The van der Waals surface area contributed by atoms with Gasteiger partial charge in [-0.25, -0.2) is 0 Å². The van der Waals surface area contributed by atoms with Crippen LogP contribution in [0.25, 0.3) is 0 Å². The van der Waals surface area contributed by atoms with Crippen LogP contribution in [0, 0.1) is 0 Å². The summed E-state index contributed by atoms with van der Waals surface area (Å²) >= 11 is 3.36. The molecular formula is C12H17BrN2O. The molecule has 3 nitrogen and oxygen atoms in total. The lowest BCUT2D eigenvalue weighted by Gasteiger charge is -2.07. The van der Waals surface area contributed by atoms with Crippen LogP contribution in [0.4, 0.5) is 5.69 Å². The minimum Gasteiger partial charge on any atom is -0.376 e. The van der Waals surface area contributed by atoms with Crippen LogP contribution in [0.2, 0.25) is 0 Å². The molecule has 0 spiro atoms. The molecule has 88 valence electrons. The summed E-state index contributed by atoms with van der Waals surface area (Å²) in [5, 5.41) is 5.92. The third-order valence-electron chi connectivity index (χ3n) is 2.15. The molecule has 0 aliphatic rings. The fraction of sp³-hybridized carbons (Fsp3) is 0.417. The number of unbranched alkanes of at least 4 members (excludes halogenated alkanes) is 1. The van der Waals surface area contributed by atoms with Crippen LogP contribution in [0.5, 0.6) is 0 Å². The van der Waals surface area contributed by atoms with E-state index in [1.54, 1.807) is 0 Å². The number of hydrogen-bond acceptors (Lipinski definition) is 2. The number of rotatable bonds is 6. The van der Waals surface area contributed by atoms with E-state index < -0.39 is 0 Å². The number of hydrogen-bond donors (Lipinski definition) is 2. The van der Waals surface area contributed by atoms with E-state index in [-0.39, 0.29) is 5.91 Å². The second-order valence-electron chi connectivity index (χ2n) is 3.56. The average molecular weight is 285 g/mol. The fourth-order valence-corrected chi connectivity index (χ4v) is 1.48. The van der Waals surface area contributed by atoms with E-state index in [4.69, 9.17) is 0 Å². The highest BCUT2D eigenvalue weighted by atomic mass is 79.9. The van der Waals surface area contributed by atoms with Crippen LogP contribution < -0.4 is 10.6 Å². The molecule has 1 rings (SSSR count). The van der Waals surface area contributed by atoms with E-state index >= 15 is 0 Å². The number of anilines is 1. The lowest BCUT2D eigenvalue weighted by atomic mass is 10.3. The molecule has 0 bridgehead atoms. The molecule has 4 heteroatoms. The van der Waals surface area contributed by atoms with Gasteiger partial charge in [-0.3, -0.25) is 4.79 Å². The second kappa shape index (κ2) is 7.28. The van der Waals surface area contributed by atoms with Gasteiger partial charge in [0.2, 0.25) is 5.91 Å². The van der Waals surface area contributed by atoms with E-state index in [9.17, 15) is 4.79 Å². The molecule has 16 heavy (non-hydrogen) atoms. The zero-order valence-electron chi connectivity index (χ0n) is 9.42. The summed E-state index contributed by atoms with van der Waals surface area (Å²) in [5.41, 5.74) is 0.953. The van der Waals surface area contributed by atoms with Crippen molar-refractivity contribution in [1.82, 2.24) is 5.32 Å². The van der Waals surface area contributed by atoms with Crippen molar-refractivity contribution in [3.05, 3.63) is 28.7 Å². The molecule has 0 radical (unpaired) electrons. The maximum absolute atomic E-state index is 11.4. The largest absolute Gasteiger partial charge is 0.376 e. The predicted octanol–water partition coefficient (Wildman–Crippen LogP) is 2.78. The first-order chi connectivity index (χ1) is 7.72. The monoisotopic (exact) mass is 284 g/mol. The number of nitrogens with one attached hydrogen (secondary N) is 2. The molecular weight excluding hydrogens is 268 g/mol. The minimum absolute atomic E-state index is 0.0383. The smallest absolute Gasteiger partial charge is 0.239 e. The van der Waals surface area contributed by atoms with Crippen molar-refractivity contribution in [3.63, 3.8) is 0 Å². The van der Waals surface area contributed by atoms with Gasteiger partial charge in [-0.15, -0.1) is 0 Å². The summed E-state index contributed by atoms with van der Waals surface area (Å²) in [4.78, 5) is 11.4. The van der Waals surface area contributed by atoms with E-state index in [2.05, 4.69) is 33.5 Å². The summed E-state index contributed by atoms with van der Waals surface area (Å²) < 4.78 is 1.03. The summed E-state index contributed by atoms with van der Waals surface area (Å²) in [6.45, 7) is 3.19. The molecule has 2 N–H and O–H groups in total. The maximum Gasteiger partial charge on any atom is 0.239 e. The van der Waals surface area contributed by atoms with Crippen molar-refractivity contribution in [2.75, 3.05) is 18.4 Å². The SMILES string of the molecule is CCCCNC(=O)CNc1ccc(Br)cc1. The van der Waals surface area contributed by atoms with Gasteiger partial charge in [-0.1, -0.05) is 29.3 Å². The van der Waals surface area contributed by atoms with E-state index in [0.29, 0.717) is 6.54 Å². The summed E-state index contributed by atoms with van der Waals surface area (Å²) in [6.07, 6.45) is 2.13. The Morgan fingerprint density at radius 2 is 2.00 bits per heavy atom. The zero-order valence-corrected chi connectivity index (χ0v) is 11.0. The molecule has 0 aromatic heterocycles. The first kappa shape index (κ1) is 13.0. The lowest BCUT2D eigenvalue weighted by Crippen LogP contribution is -2.30. The highest BCUT2D eigenvalue weighted by Gasteiger charge is 1.99. The summed E-state index contributed by atoms with van der Waals surface area (Å²) in [7, 11) is 0. The molecule has 0 aliphatic carbocycles. The minimum atomic E-state index is 0.0383. The predicted molar refractivity (Wildman–Crippen MR) is 70.5 cm³/mol. The highest BCUT2D eigenvalue weighted by Crippen LogP contribution is 2.13. The Bertz CT molecular complexity index is 324. The lowest BCUT2D eigenvalue weighted by molar-refractivity contribution is -0.119. The van der Waals surface area contributed by atoms with Crippen molar-refractivity contribution in [2.45, 2.75) is 19.8 Å². The van der Waals surface area contributed by atoms with Crippen LogP contribution in [0.1, 0.15) is 19.8 Å². The van der Waals surface area contributed by atoms with Gasteiger partial charge in [-0.05, 0) is 30.7 Å². The topological polar surface area (TPSA) is 41.1 Å². The fourth-order valence-electron chi connectivity index (χ4n) is 1.22. The van der Waals surface area contributed by atoms with E-state index in [1.807, 2.05) is 24.3 Å². The van der Waals surface area contributed by atoms with Gasteiger partial charge in [0.1, 0.15) is 0 Å². The first-order valence-electron chi connectivity index (χ1n) is 5.48. The Hall–Kier alpha value is -1.03. The third kappa shape index (κ3) is 5.16. The molecule has 0 atom stereocenters. The Labute approximate surface area is 105 Å². The van der Waals surface area contributed by atoms with Gasteiger partial charge in [0, 0.05) is 16.7 Å². The molecule has 0 unspecified atom stereocenters. The summed E-state index contributed by atoms with van der Waals surface area (Å²) in [6, 6.07) is 7.75. The van der Waals surface area contributed by atoms with Gasteiger partial charge in [-0.2, -0.15) is 0 Å². The van der Waals surface area contributed by atoms with Crippen LogP contribution in [0.15, 0.2) is 28.7 Å². The Morgan fingerprint density at radius 3 is 2.62 bits per heavy atom. The normalized spacial score (nSPS) is 9.88. The summed E-state index contributed by atoms with van der Waals surface area (Å²) in [5.74, 6) is 0.0383. The quantitative estimate of drug-likeness (QED) is 0.789. The van der Waals surface area contributed by atoms with Crippen molar-refractivity contribution in [2.24, 2.45) is 0 Å². The third-order valence-corrected chi connectivity index (χ3v) is 2.68. The van der Waals surface area contributed by atoms with Crippen LogP contribution in [-0.2, 0) is 4.79 Å². The first-order valence-corrected chi connectivity index (χ1v) is 6.28. The Kier molecular flexibility index (Phi) is 5.93. The van der Waals surface area contributed by atoms with Crippen LogP contribution in [-0.4, -0.2) is 19.0 Å². The zero-order chi connectivity index (χ0) is 11.8. The van der Waals surface area contributed by atoms with Crippen molar-refractivity contribution in [3.8, 4) is 0 Å². The van der Waals surface area contributed by atoms with Gasteiger partial charge in [0.15, 0.2) is 0 Å². The van der Waals surface area contributed by atoms with E-state index in [0.717, 1.165) is 29.5 Å². The number of carbonyl (C=O) groups is 1. The molecule has 1 aromatic rings. The van der Waals surface area contributed by atoms with Gasteiger partial charge >= 0.3 is 0 Å². The molecule has 1 amide bonds. The number of amides is 1. The molecule has 0 heterocycles. The van der Waals surface area contributed by atoms with Crippen LogP contribution in [0.3, 0.4) is 0 Å².